The van der Waals surface area contributed by atoms with Gasteiger partial charge in [0.05, 0.1) is 30.9 Å². The minimum atomic E-state index is -3.75. The Balaban J connectivity index is 1.81. The SMILES string of the molecule is CCS(=O)(=O)N[C@H]1[C@@H](F)CN2C(=O)N(C)CCOc3ccccc3-c3cccc(c3F)C[C@@H]12. The maximum Gasteiger partial charge on any atom is 0.320 e. The van der Waals surface area contributed by atoms with E-state index in [2.05, 4.69) is 4.72 Å². The molecule has 0 spiro atoms. The number of carbonyl (C=O) groups excluding carboxylic acids is 1. The number of fused-ring (bicyclic) bond motifs is 5. The molecule has 0 unspecified atom stereocenters. The molecule has 0 aromatic heterocycles. The van der Waals surface area contributed by atoms with Crippen LogP contribution in [0, 0.1) is 5.82 Å². The normalized spacial score (nSPS) is 23.6. The number of ether oxygens (including phenoxy) is 1. The molecule has 2 aliphatic heterocycles. The van der Waals surface area contributed by atoms with Gasteiger partial charge in [-0.3, -0.25) is 0 Å². The fourth-order valence-corrected chi connectivity index (χ4v) is 5.25. The summed E-state index contributed by atoms with van der Waals surface area (Å²) in [5.41, 5.74) is 1.16. The summed E-state index contributed by atoms with van der Waals surface area (Å²) in [4.78, 5) is 15.9. The van der Waals surface area contributed by atoms with Crippen molar-refractivity contribution < 1.29 is 26.7 Å². The first-order valence-corrected chi connectivity index (χ1v) is 12.5. The van der Waals surface area contributed by atoms with Gasteiger partial charge >= 0.3 is 6.03 Å². The van der Waals surface area contributed by atoms with Crippen LogP contribution >= 0.6 is 0 Å². The zero-order valence-electron chi connectivity index (χ0n) is 18.5. The van der Waals surface area contributed by atoms with Crippen LogP contribution in [0.5, 0.6) is 5.75 Å². The number of nitrogens with zero attached hydrogens (tertiary/aromatic N) is 2. The highest BCUT2D eigenvalue weighted by Gasteiger charge is 2.47. The van der Waals surface area contributed by atoms with Crippen LogP contribution in [0.15, 0.2) is 42.5 Å². The van der Waals surface area contributed by atoms with Crippen LogP contribution < -0.4 is 9.46 Å². The van der Waals surface area contributed by atoms with E-state index in [4.69, 9.17) is 4.74 Å². The number of benzene rings is 2. The lowest BCUT2D eigenvalue weighted by Gasteiger charge is -2.31. The molecule has 1 saturated heterocycles. The Bertz CT molecular complexity index is 1140. The third kappa shape index (κ3) is 4.67. The standard InChI is InChI=1S/C23H27F2N3O4S/c1-3-33(30,31)26-22-18(24)14-28-19(22)13-15-7-6-9-17(21(15)25)16-8-4-5-10-20(16)32-12-11-27(2)23(28)29/h4-10,18-19,22,26H,3,11-14H2,1-2H3/t18-,19-,22-/m0/s1. The van der Waals surface area contributed by atoms with Crippen molar-refractivity contribution >= 4 is 16.1 Å². The molecule has 178 valence electrons. The van der Waals surface area contributed by atoms with E-state index >= 15 is 8.78 Å². The number of likely N-dealkylation sites (N-methyl/N-ethyl adjacent to an activating group) is 1. The van der Waals surface area contributed by atoms with Crippen LogP contribution in [0.4, 0.5) is 13.6 Å². The fraction of sp³-hybridized carbons (Fsp3) is 0.435. The summed E-state index contributed by atoms with van der Waals surface area (Å²) in [5, 5.41) is 0. The maximum absolute atomic E-state index is 15.7. The Morgan fingerprint density at radius 1 is 1.15 bits per heavy atom. The van der Waals surface area contributed by atoms with Crippen molar-refractivity contribution in [1.82, 2.24) is 14.5 Å². The molecule has 2 aromatic carbocycles. The Kier molecular flexibility index (Phi) is 6.58. The molecule has 2 heterocycles. The summed E-state index contributed by atoms with van der Waals surface area (Å²) in [5.74, 6) is -0.242. The predicted molar refractivity (Wildman–Crippen MR) is 121 cm³/mol. The van der Waals surface area contributed by atoms with Crippen molar-refractivity contribution in [1.29, 1.82) is 0 Å². The minimum absolute atomic E-state index is 0.0421. The molecule has 2 aromatic rings. The second kappa shape index (κ2) is 9.26. The number of halogens is 2. The first-order valence-electron chi connectivity index (χ1n) is 10.9. The predicted octanol–water partition coefficient (Wildman–Crippen LogP) is 2.81. The van der Waals surface area contributed by atoms with Gasteiger partial charge in [-0.15, -0.1) is 0 Å². The first-order chi connectivity index (χ1) is 15.7. The molecule has 0 aliphatic carbocycles. The molecule has 7 nitrogen and oxygen atoms in total. The number of para-hydroxylation sites is 1. The van der Waals surface area contributed by atoms with Gasteiger partial charge in [0.15, 0.2) is 0 Å². The lowest BCUT2D eigenvalue weighted by molar-refractivity contribution is 0.146. The number of alkyl halides is 1. The molecule has 1 fully saturated rings. The number of carbonyl (C=O) groups is 1. The second-order valence-electron chi connectivity index (χ2n) is 8.31. The van der Waals surface area contributed by atoms with E-state index in [1.54, 1.807) is 49.5 Å². The van der Waals surface area contributed by atoms with Crippen LogP contribution in [0.25, 0.3) is 11.1 Å². The number of hydrogen-bond acceptors (Lipinski definition) is 4. The Morgan fingerprint density at radius 3 is 2.64 bits per heavy atom. The summed E-state index contributed by atoms with van der Waals surface area (Å²) in [6.07, 6.45) is -1.66. The smallest absolute Gasteiger partial charge is 0.320 e. The molecule has 0 radical (unpaired) electrons. The molecule has 3 atom stereocenters. The molecule has 4 rings (SSSR count). The van der Waals surface area contributed by atoms with Crippen molar-refractivity contribution in [3.8, 4) is 16.9 Å². The van der Waals surface area contributed by atoms with Crippen molar-refractivity contribution in [3.63, 3.8) is 0 Å². The van der Waals surface area contributed by atoms with Gasteiger partial charge in [-0.1, -0.05) is 36.4 Å². The van der Waals surface area contributed by atoms with Gasteiger partial charge in [0.1, 0.15) is 24.3 Å². The number of nitrogens with one attached hydrogen (secondary N) is 1. The second-order valence-corrected chi connectivity index (χ2v) is 10.4. The highest BCUT2D eigenvalue weighted by molar-refractivity contribution is 7.89. The third-order valence-electron chi connectivity index (χ3n) is 6.21. The lowest BCUT2D eigenvalue weighted by Crippen LogP contribution is -2.52. The van der Waals surface area contributed by atoms with Crippen LogP contribution in [-0.2, 0) is 16.4 Å². The number of urea groups is 1. The van der Waals surface area contributed by atoms with E-state index in [0.29, 0.717) is 16.9 Å². The van der Waals surface area contributed by atoms with E-state index in [1.165, 1.54) is 16.7 Å². The molecule has 2 amide bonds. The van der Waals surface area contributed by atoms with Crippen molar-refractivity contribution in [3.05, 3.63) is 53.8 Å². The summed E-state index contributed by atoms with van der Waals surface area (Å²) in [6, 6.07) is 9.43. The molecule has 2 aliphatic rings. The Labute approximate surface area is 192 Å². The third-order valence-corrected chi connectivity index (χ3v) is 7.60. The van der Waals surface area contributed by atoms with Gasteiger partial charge in [0, 0.05) is 18.2 Å². The van der Waals surface area contributed by atoms with Gasteiger partial charge in [0.2, 0.25) is 10.0 Å². The molecule has 2 bridgehead atoms. The van der Waals surface area contributed by atoms with Gasteiger partial charge in [-0.2, -0.15) is 0 Å². The van der Waals surface area contributed by atoms with Crippen LogP contribution in [0.3, 0.4) is 0 Å². The van der Waals surface area contributed by atoms with E-state index in [9.17, 15) is 13.2 Å². The average molecular weight is 480 g/mol. The van der Waals surface area contributed by atoms with E-state index in [0.717, 1.165) is 0 Å². The monoisotopic (exact) mass is 479 g/mol. The number of rotatable bonds is 3. The lowest BCUT2D eigenvalue weighted by atomic mass is 9.95. The van der Waals surface area contributed by atoms with Gasteiger partial charge in [-0.05, 0) is 25.0 Å². The molecular weight excluding hydrogens is 452 g/mol. The zero-order chi connectivity index (χ0) is 23.8. The van der Waals surface area contributed by atoms with E-state index < -0.39 is 40.1 Å². The highest BCUT2D eigenvalue weighted by atomic mass is 32.2. The summed E-state index contributed by atoms with van der Waals surface area (Å²) < 4.78 is 63.5. The van der Waals surface area contributed by atoms with Crippen LogP contribution in [0.2, 0.25) is 0 Å². The topological polar surface area (TPSA) is 79.0 Å². The van der Waals surface area contributed by atoms with Crippen molar-refractivity contribution in [2.24, 2.45) is 0 Å². The number of hydrogen-bond donors (Lipinski definition) is 1. The summed E-state index contributed by atoms with van der Waals surface area (Å²) in [7, 11) is -2.17. The first kappa shape index (κ1) is 23.4. The molecule has 0 saturated carbocycles. The van der Waals surface area contributed by atoms with E-state index in [1.807, 2.05) is 0 Å². The van der Waals surface area contributed by atoms with E-state index in [-0.39, 0.29) is 37.4 Å². The van der Waals surface area contributed by atoms with Crippen LogP contribution in [0.1, 0.15) is 12.5 Å². The minimum Gasteiger partial charge on any atom is -0.491 e. The Hall–Kier alpha value is -2.72. The molecule has 10 heteroatoms. The highest BCUT2D eigenvalue weighted by Crippen LogP contribution is 2.35. The molecule has 33 heavy (non-hydrogen) atoms. The van der Waals surface area contributed by atoms with Crippen molar-refractivity contribution in [2.45, 2.75) is 31.6 Å². The zero-order valence-corrected chi connectivity index (χ0v) is 19.3. The number of amides is 2. The molecular formula is C23H27F2N3O4S. The number of sulfonamides is 1. The largest absolute Gasteiger partial charge is 0.491 e. The Morgan fingerprint density at radius 2 is 1.88 bits per heavy atom. The molecule has 1 N–H and O–H groups in total. The van der Waals surface area contributed by atoms with Gasteiger partial charge in [0.25, 0.3) is 0 Å². The fourth-order valence-electron chi connectivity index (χ4n) is 4.37. The van der Waals surface area contributed by atoms with Gasteiger partial charge < -0.3 is 14.5 Å². The quantitative estimate of drug-likeness (QED) is 0.735. The average Bonchev–Trinajstić information content (AvgIpc) is 3.09. The summed E-state index contributed by atoms with van der Waals surface area (Å²) in [6.45, 7) is 1.54. The van der Waals surface area contributed by atoms with Crippen molar-refractivity contribution in [2.75, 3.05) is 32.5 Å². The van der Waals surface area contributed by atoms with Gasteiger partial charge in [-0.25, -0.2) is 26.7 Å². The van der Waals surface area contributed by atoms with Crippen LogP contribution in [-0.4, -0.2) is 75.0 Å². The maximum atomic E-state index is 15.7. The summed E-state index contributed by atoms with van der Waals surface area (Å²) >= 11 is 0.